The van der Waals surface area contributed by atoms with Gasteiger partial charge in [0.1, 0.15) is 16.9 Å². The number of thiophene rings is 1. The Morgan fingerprint density at radius 2 is 1.97 bits per heavy atom. The van der Waals surface area contributed by atoms with Crippen LogP contribution in [0.4, 0.5) is 9.39 Å². The van der Waals surface area contributed by atoms with Gasteiger partial charge in [0.15, 0.2) is 0 Å². The van der Waals surface area contributed by atoms with Crippen molar-refractivity contribution in [1.82, 2.24) is 14.7 Å². The lowest BCUT2D eigenvalue weighted by Gasteiger charge is -2.33. The molecule has 30 heavy (non-hydrogen) atoms. The summed E-state index contributed by atoms with van der Waals surface area (Å²) < 4.78 is 14.4. The highest BCUT2D eigenvalue weighted by Crippen LogP contribution is 2.39. The number of carbonyl (C=O) groups excluding carboxylic acids is 3. The predicted octanol–water partition coefficient (Wildman–Crippen LogP) is 2.10. The fourth-order valence-electron chi connectivity index (χ4n) is 4.05. The number of rotatable bonds is 3. The highest BCUT2D eigenvalue weighted by Gasteiger charge is 2.36. The van der Waals surface area contributed by atoms with E-state index >= 15 is 0 Å². The number of carbonyl (C=O) groups is 3. The zero-order chi connectivity index (χ0) is 21.6. The number of amides is 3. The van der Waals surface area contributed by atoms with E-state index in [4.69, 9.17) is 0 Å². The number of anilines is 1. The topological polar surface area (TPSA) is 73.0 Å². The van der Waals surface area contributed by atoms with Gasteiger partial charge in [-0.25, -0.2) is 4.39 Å². The Morgan fingerprint density at radius 1 is 1.23 bits per heavy atom. The molecule has 9 heteroatoms. The Morgan fingerprint density at radius 3 is 2.67 bits per heavy atom. The zero-order valence-corrected chi connectivity index (χ0v) is 17.9. The van der Waals surface area contributed by atoms with Gasteiger partial charge in [0.25, 0.3) is 5.91 Å². The second-order valence-corrected chi connectivity index (χ2v) is 8.92. The number of nitrogens with zero attached hydrogens (tertiary/aromatic N) is 3. The summed E-state index contributed by atoms with van der Waals surface area (Å²) in [6, 6.07) is 5.57. The fraction of sp³-hybridized carbons (Fsp3) is 0.381. The molecular weight excluding hydrogens is 407 g/mol. The maximum absolute atomic E-state index is 14.4. The predicted molar refractivity (Wildman–Crippen MR) is 112 cm³/mol. The van der Waals surface area contributed by atoms with Crippen LogP contribution in [-0.2, 0) is 22.6 Å². The van der Waals surface area contributed by atoms with Gasteiger partial charge in [-0.15, -0.1) is 11.3 Å². The molecule has 1 atom stereocenters. The Bertz CT molecular complexity index is 1040. The third kappa shape index (κ3) is 3.48. The van der Waals surface area contributed by atoms with E-state index in [1.165, 1.54) is 22.3 Å². The number of fused-ring (bicyclic) bond motifs is 3. The van der Waals surface area contributed by atoms with Crippen LogP contribution in [0.5, 0.6) is 0 Å². The van der Waals surface area contributed by atoms with Crippen molar-refractivity contribution < 1.29 is 18.8 Å². The minimum Gasteiger partial charge on any atom is -0.336 e. The first kappa shape index (κ1) is 20.5. The summed E-state index contributed by atoms with van der Waals surface area (Å²) in [5.41, 5.74) is 1.77. The second kappa shape index (κ2) is 7.81. The van der Waals surface area contributed by atoms with Crippen molar-refractivity contribution in [3.63, 3.8) is 0 Å². The maximum Gasteiger partial charge on any atom is 0.257 e. The molecule has 2 aromatic rings. The van der Waals surface area contributed by atoms with Gasteiger partial charge in [-0.2, -0.15) is 0 Å². The number of hydrogen-bond acceptors (Lipinski definition) is 5. The summed E-state index contributed by atoms with van der Waals surface area (Å²) in [7, 11) is 5.11. The van der Waals surface area contributed by atoms with E-state index < -0.39 is 11.9 Å². The van der Waals surface area contributed by atoms with Crippen LogP contribution >= 0.6 is 11.3 Å². The Labute approximate surface area is 178 Å². The van der Waals surface area contributed by atoms with Gasteiger partial charge in [-0.05, 0) is 32.1 Å². The molecule has 7 nitrogen and oxygen atoms in total. The summed E-state index contributed by atoms with van der Waals surface area (Å²) in [6.07, 6.45) is 0.514. The summed E-state index contributed by atoms with van der Waals surface area (Å²) in [5, 5.41) is 3.36. The van der Waals surface area contributed by atoms with Crippen LogP contribution in [0.1, 0.15) is 32.4 Å². The second-order valence-electron chi connectivity index (χ2n) is 7.81. The van der Waals surface area contributed by atoms with Crippen LogP contribution in [0.3, 0.4) is 0 Å². The SMILES string of the molecule is CN1CC(=O)Nc2sc3c(c2C1=O)CCN(C(=O)C(c1ccccc1F)N(C)C)C3. The largest absolute Gasteiger partial charge is 0.336 e. The first-order chi connectivity index (χ1) is 14.3. The van der Waals surface area contributed by atoms with Crippen molar-refractivity contribution >= 4 is 34.1 Å². The van der Waals surface area contributed by atoms with Crippen LogP contribution in [0.2, 0.25) is 0 Å². The lowest BCUT2D eigenvalue weighted by molar-refractivity contribution is -0.137. The molecule has 0 saturated carbocycles. The van der Waals surface area contributed by atoms with E-state index in [0.717, 1.165) is 10.4 Å². The van der Waals surface area contributed by atoms with Crippen molar-refractivity contribution in [3.8, 4) is 0 Å². The molecule has 0 aliphatic carbocycles. The summed E-state index contributed by atoms with van der Waals surface area (Å²) in [4.78, 5) is 43.8. The molecule has 2 aliphatic heterocycles. The van der Waals surface area contributed by atoms with Gasteiger partial charge in [-0.1, -0.05) is 18.2 Å². The van der Waals surface area contributed by atoms with Crippen LogP contribution < -0.4 is 5.32 Å². The molecule has 1 N–H and O–H groups in total. The number of hydrogen-bond donors (Lipinski definition) is 1. The Hall–Kier alpha value is -2.78. The van der Waals surface area contributed by atoms with Crippen LogP contribution in [0.15, 0.2) is 24.3 Å². The van der Waals surface area contributed by atoms with Crippen LogP contribution in [0.25, 0.3) is 0 Å². The van der Waals surface area contributed by atoms with E-state index in [1.54, 1.807) is 49.1 Å². The molecule has 2 aliphatic rings. The van der Waals surface area contributed by atoms with Crippen molar-refractivity contribution in [1.29, 1.82) is 0 Å². The molecule has 1 aromatic carbocycles. The van der Waals surface area contributed by atoms with Gasteiger partial charge >= 0.3 is 0 Å². The van der Waals surface area contributed by atoms with Gasteiger partial charge in [0.2, 0.25) is 11.8 Å². The summed E-state index contributed by atoms with van der Waals surface area (Å²) in [6.45, 7) is 0.781. The Balaban J connectivity index is 1.64. The molecule has 0 spiro atoms. The van der Waals surface area contributed by atoms with E-state index in [2.05, 4.69) is 5.32 Å². The minimum atomic E-state index is -0.738. The standard InChI is InChI=1S/C21H23FN4O3S/c1-24(2)18(12-6-4-5-7-14(12)22)21(29)26-9-8-13-15(10-26)30-19-17(13)20(28)25(3)11-16(27)23-19/h4-7,18H,8-11H2,1-3H3,(H,23,27). The first-order valence-corrected chi connectivity index (χ1v) is 10.5. The molecule has 0 saturated heterocycles. The van der Waals surface area contributed by atoms with E-state index in [0.29, 0.717) is 35.6 Å². The molecule has 3 heterocycles. The highest BCUT2D eigenvalue weighted by molar-refractivity contribution is 7.17. The quantitative estimate of drug-likeness (QED) is 0.810. The monoisotopic (exact) mass is 430 g/mol. The first-order valence-electron chi connectivity index (χ1n) is 9.67. The Kier molecular flexibility index (Phi) is 5.33. The molecule has 158 valence electrons. The number of halogens is 1. The smallest absolute Gasteiger partial charge is 0.257 e. The molecule has 4 rings (SSSR count). The molecular formula is C21H23FN4O3S. The normalized spacial score (nSPS) is 17.4. The minimum absolute atomic E-state index is 0.0206. The van der Waals surface area contributed by atoms with Crippen LogP contribution in [0, 0.1) is 5.82 Å². The van der Waals surface area contributed by atoms with E-state index in [1.807, 2.05) is 0 Å². The van der Waals surface area contributed by atoms with Crippen molar-refractivity contribution in [2.75, 3.05) is 39.5 Å². The molecule has 0 bridgehead atoms. The molecule has 0 radical (unpaired) electrons. The molecule has 1 aromatic heterocycles. The molecule has 1 unspecified atom stereocenters. The zero-order valence-electron chi connectivity index (χ0n) is 17.1. The lowest BCUT2D eigenvalue weighted by atomic mass is 9.99. The van der Waals surface area contributed by atoms with Gasteiger partial charge in [0, 0.05) is 24.0 Å². The number of nitrogens with one attached hydrogen (secondary N) is 1. The lowest BCUT2D eigenvalue weighted by Crippen LogP contribution is -2.43. The number of likely N-dealkylation sites (N-methyl/N-ethyl adjacent to an activating group) is 2. The van der Waals surface area contributed by atoms with Gasteiger partial charge in [0.05, 0.1) is 18.7 Å². The van der Waals surface area contributed by atoms with E-state index in [9.17, 15) is 18.8 Å². The molecule has 0 fully saturated rings. The third-order valence-electron chi connectivity index (χ3n) is 5.51. The van der Waals surface area contributed by atoms with E-state index in [-0.39, 0.29) is 24.3 Å². The van der Waals surface area contributed by atoms with Crippen LogP contribution in [-0.4, -0.2) is 66.7 Å². The van der Waals surface area contributed by atoms with Gasteiger partial charge in [-0.3, -0.25) is 19.3 Å². The average Bonchev–Trinajstić information content (AvgIpc) is 3.00. The summed E-state index contributed by atoms with van der Waals surface area (Å²) in [5.74, 6) is -1.02. The maximum atomic E-state index is 14.4. The van der Waals surface area contributed by atoms with Crippen molar-refractivity contribution in [3.05, 3.63) is 51.7 Å². The average molecular weight is 431 g/mol. The third-order valence-corrected chi connectivity index (χ3v) is 6.65. The fourth-order valence-corrected chi connectivity index (χ4v) is 5.32. The molecule has 3 amide bonds. The summed E-state index contributed by atoms with van der Waals surface area (Å²) >= 11 is 1.34. The van der Waals surface area contributed by atoms with Crippen molar-refractivity contribution in [2.24, 2.45) is 0 Å². The van der Waals surface area contributed by atoms with Crippen molar-refractivity contribution in [2.45, 2.75) is 19.0 Å². The number of benzene rings is 1. The van der Waals surface area contributed by atoms with Gasteiger partial charge < -0.3 is 15.1 Å². The highest BCUT2D eigenvalue weighted by atomic mass is 32.1.